The Morgan fingerprint density at radius 3 is 1.45 bits per heavy atom. The van der Waals surface area contributed by atoms with E-state index in [1.807, 2.05) is 39.0 Å². The van der Waals surface area contributed by atoms with Gasteiger partial charge in [-0.2, -0.15) is 25.3 Å². The lowest BCUT2D eigenvalue weighted by Crippen LogP contribution is -1.97. The first-order valence-corrected chi connectivity index (χ1v) is 15.8. The van der Waals surface area contributed by atoms with Crippen molar-refractivity contribution in [2.24, 2.45) is 0 Å². The lowest BCUT2D eigenvalue weighted by atomic mass is 9.98. The van der Waals surface area contributed by atoms with Gasteiger partial charge in [0.1, 0.15) is 0 Å². The average molecular weight is 631 g/mol. The van der Waals surface area contributed by atoms with Crippen LogP contribution in [0.2, 0.25) is 0 Å². The maximum Gasteiger partial charge on any atom is 0.303 e. The second kappa shape index (κ2) is 12.3. The normalized spacial score (nSPS) is 14.7. The lowest BCUT2D eigenvalue weighted by Gasteiger charge is -2.05. The fraction of sp³-hybridized carbons (Fsp3) is 0.353. The van der Waals surface area contributed by atoms with Gasteiger partial charge in [-0.3, -0.25) is 9.59 Å². The first-order valence-electron chi connectivity index (χ1n) is 14.7. The number of H-pyrrole nitrogens is 2. The molecule has 0 saturated heterocycles. The molecule has 2 aliphatic heterocycles. The third kappa shape index (κ3) is 5.97. The second-order valence-corrected chi connectivity index (χ2v) is 13.2. The summed E-state index contributed by atoms with van der Waals surface area (Å²) in [7, 11) is 0. The molecule has 3 aromatic rings. The van der Waals surface area contributed by atoms with E-state index < -0.39 is 11.9 Å². The standard InChI is InChI=1S/C34H38N4O4S2/c1-15-21(7-9-31(39)40)27-14-28-22(8-10-32(41)42)16(2)24(36-28)12-29-34(20(6)44)18(4)26(38-29)13-30-33(19(5)43)17(3)25(37-30)11-23(15)35-27/h11-14,19-20,37-38,43-44H,7-10H2,1-6H3,(H,39,40)(H,41,42)/t19-,20?/m0/s1. The van der Waals surface area contributed by atoms with Crippen LogP contribution in [0.5, 0.6) is 0 Å². The van der Waals surface area contributed by atoms with Crippen LogP contribution in [-0.4, -0.2) is 42.1 Å². The predicted molar refractivity (Wildman–Crippen MR) is 184 cm³/mol. The molecule has 0 spiro atoms. The summed E-state index contributed by atoms with van der Waals surface area (Å²) >= 11 is 9.64. The van der Waals surface area contributed by atoms with Crippen molar-refractivity contribution in [1.82, 2.24) is 19.9 Å². The van der Waals surface area contributed by atoms with Crippen molar-refractivity contribution in [3.8, 4) is 0 Å². The van der Waals surface area contributed by atoms with E-state index in [1.54, 1.807) is 0 Å². The van der Waals surface area contributed by atoms with Gasteiger partial charge in [0.2, 0.25) is 0 Å². The molecule has 44 heavy (non-hydrogen) atoms. The van der Waals surface area contributed by atoms with Gasteiger partial charge >= 0.3 is 11.9 Å². The molecule has 2 atom stereocenters. The van der Waals surface area contributed by atoms with E-state index >= 15 is 0 Å². The fourth-order valence-electron chi connectivity index (χ4n) is 6.32. The Morgan fingerprint density at radius 2 is 1.05 bits per heavy atom. The van der Waals surface area contributed by atoms with Gasteiger partial charge in [0, 0.05) is 45.4 Å². The number of nitrogens with one attached hydrogen (secondary N) is 2. The minimum Gasteiger partial charge on any atom is -0.481 e. The van der Waals surface area contributed by atoms with E-state index in [0.29, 0.717) is 24.2 Å². The smallest absolute Gasteiger partial charge is 0.303 e. The van der Waals surface area contributed by atoms with Crippen LogP contribution in [0, 0.1) is 13.8 Å². The molecule has 1 unspecified atom stereocenters. The van der Waals surface area contributed by atoms with Crippen molar-refractivity contribution in [1.29, 1.82) is 0 Å². The molecule has 0 aliphatic carbocycles. The Bertz CT molecular complexity index is 1930. The number of hydrogen-bond acceptors (Lipinski definition) is 6. The molecular weight excluding hydrogens is 593 g/mol. The van der Waals surface area contributed by atoms with Crippen LogP contribution < -0.4 is 0 Å². The third-order valence-electron chi connectivity index (χ3n) is 8.65. The number of rotatable bonds is 8. The van der Waals surface area contributed by atoms with E-state index in [-0.39, 0.29) is 23.3 Å². The summed E-state index contributed by atoms with van der Waals surface area (Å²) in [5, 5.41) is 18.9. The van der Waals surface area contributed by atoms with Crippen LogP contribution in [0.3, 0.4) is 0 Å². The number of aromatic amines is 2. The number of thiol groups is 2. The number of nitrogens with zero attached hydrogens (tertiary/aromatic N) is 2. The van der Waals surface area contributed by atoms with Crippen LogP contribution in [0.1, 0.15) is 109 Å². The quantitative estimate of drug-likeness (QED) is 0.138. The molecule has 0 fully saturated rings. The number of hydrogen-bond donors (Lipinski definition) is 6. The Labute approximate surface area is 267 Å². The maximum atomic E-state index is 11.6. The average Bonchev–Trinajstić information content (AvgIpc) is 3.59. The van der Waals surface area contributed by atoms with Crippen LogP contribution in [0.15, 0.2) is 24.3 Å². The number of aromatic nitrogens is 4. The molecule has 0 saturated carbocycles. The zero-order valence-corrected chi connectivity index (χ0v) is 27.6. The first-order chi connectivity index (χ1) is 20.8. The topological polar surface area (TPSA) is 132 Å². The minimum absolute atomic E-state index is 0.0338. The monoisotopic (exact) mass is 630 g/mol. The molecule has 5 rings (SSSR count). The summed E-state index contributed by atoms with van der Waals surface area (Å²) in [5.41, 5.74) is 14.2. The zero-order chi connectivity index (χ0) is 32.0. The molecule has 3 aromatic heterocycles. The number of carboxylic acid groups (broad SMARTS) is 2. The van der Waals surface area contributed by atoms with Gasteiger partial charge < -0.3 is 20.2 Å². The summed E-state index contributed by atoms with van der Waals surface area (Å²) in [4.78, 5) is 40.4. The Morgan fingerprint density at radius 1 is 0.659 bits per heavy atom. The Balaban J connectivity index is 1.95. The van der Waals surface area contributed by atoms with E-state index in [2.05, 4.69) is 36.8 Å². The van der Waals surface area contributed by atoms with Crippen molar-refractivity contribution in [3.63, 3.8) is 0 Å². The molecule has 8 nitrogen and oxygen atoms in total. The van der Waals surface area contributed by atoms with Crippen LogP contribution >= 0.6 is 25.3 Å². The maximum absolute atomic E-state index is 11.6. The van der Waals surface area contributed by atoms with Gasteiger partial charge in [0.05, 0.1) is 22.8 Å². The van der Waals surface area contributed by atoms with Crippen LogP contribution in [-0.2, 0) is 9.59 Å². The summed E-state index contributed by atoms with van der Waals surface area (Å²) in [6, 6.07) is 8.02. The summed E-state index contributed by atoms with van der Waals surface area (Å²) in [5.74, 6) is -1.77. The lowest BCUT2D eigenvalue weighted by molar-refractivity contribution is -0.137. The highest BCUT2D eigenvalue weighted by Crippen LogP contribution is 2.39. The van der Waals surface area contributed by atoms with Crippen LogP contribution in [0.4, 0.5) is 0 Å². The fourth-order valence-corrected chi connectivity index (χ4v) is 6.98. The molecule has 2 aliphatic rings. The highest BCUT2D eigenvalue weighted by atomic mass is 32.1. The van der Waals surface area contributed by atoms with E-state index in [1.165, 1.54) is 0 Å². The second-order valence-electron chi connectivity index (χ2n) is 11.7. The summed E-state index contributed by atoms with van der Waals surface area (Å²) < 4.78 is 0. The molecule has 0 radical (unpaired) electrons. The molecule has 8 bridgehead atoms. The molecule has 230 valence electrons. The summed E-state index contributed by atoms with van der Waals surface area (Å²) in [6.07, 6.45) is 0.549. The Hall–Kier alpha value is -3.76. The molecular formula is C34H38N4O4S2. The van der Waals surface area contributed by atoms with Gasteiger partial charge in [-0.15, -0.1) is 0 Å². The number of aliphatic carboxylic acids is 2. The number of fused-ring (bicyclic) bond motifs is 8. The minimum atomic E-state index is -0.886. The van der Waals surface area contributed by atoms with E-state index in [0.717, 1.165) is 78.0 Å². The van der Waals surface area contributed by atoms with E-state index in [9.17, 15) is 19.8 Å². The van der Waals surface area contributed by atoms with Gasteiger partial charge in [0.25, 0.3) is 0 Å². The highest BCUT2D eigenvalue weighted by molar-refractivity contribution is 7.80. The van der Waals surface area contributed by atoms with Crippen molar-refractivity contribution in [2.75, 3.05) is 0 Å². The highest BCUT2D eigenvalue weighted by Gasteiger charge is 2.23. The number of allylic oxidation sites excluding steroid dienone is 4. The van der Waals surface area contributed by atoms with Gasteiger partial charge in [-0.1, -0.05) is 0 Å². The van der Waals surface area contributed by atoms with Crippen molar-refractivity contribution < 1.29 is 19.8 Å². The van der Waals surface area contributed by atoms with Crippen molar-refractivity contribution >= 4 is 81.6 Å². The van der Waals surface area contributed by atoms with Crippen LogP contribution in [0.25, 0.3) is 44.4 Å². The largest absolute Gasteiger partial charge is 0.481 e. The van der Waals surface area contributed by atoms with Gasteiger partial charge in [0.15, 0.2) is 0 Å². The Kier molecular flexibility index (Phi) is 8.87. The molecule has 10 heteroatoms. The molecule has 0 aromatic carbocycles. The number of aryl methyl sites for hydroxylation is 2. The molecule has 4 N–H and O–H groups in total. The first kappa shape index (κ1) is 31.7. The zero-order valence-electron chi connectivity index (χ0n) is 25.8. The van der Waals surface area contributed by atoms with Crippen molar-refractivity contribution in [3.05, 3.63) is 69.3 Å². The van der Waals surface area contributed by atoms with Gasteiger partial charge in [-0.05, 0) is 123 Å². The van der Waals surface area contributed by atoms with Crippen molar-refractivity contribution in [2.45, 2.75) is 77.7 Å². The number of carboxylic acids is 2. The predicted octanol–water partition coefficient (Wildman–Crippen LogP) is 8.50. The number of carbonyl (C=O) groups is 2. The SMILES string of the molecule is CC1=C(CCC(=O)O)c2cc3nc(cc4[nH]c(cc5[nH]c(cc1n2)c(C)c5[C@H](C)S)c(C)c4C(C)S)C(C)=C3CCC(=O)O. The third-order valence-corrected chi connectivity index (χ3v) is 9.16. The van der Waals surface area contributed by atoms with Gasteiger partial charge in [-0.25, -0.2) is 9.97 Å². The van der Waals surface area contributed by atoms with E-state index in [4.69, 9.17) is 35.2 Å². The summed E-state index contributed by atoms with van der Waals surface area (Å²) in [6.45, 7) is 12.2. The molecule has 0 amide bonds. The molecule has 5 heterocycles.